The van der Waals surface area contributed by atoms with Crippen LogP contribution in [-0.4, -0.2) is 32.4 Å². The molecule has 1 atom stereocenters. The summed E-state index contributed by atoms with van der Waals surface area (Å²) in [6.07, 6.45) is 2.95. The lowest BCUT2D eigenvalue weighted by atomic mass is 10.1. The van der Waals surface area contributed by atoms with E-state index in [4.69, 9.17) is 4.74 Å². The molecular formula is C19H21NO3S. The van der Waals surface area contributed by atoms with Gasteiger partial charge in [-0.2, -0.15) is 4.31 Å². The Bertz CT molecular complexity index is 833. The molecule has 0 N–H and O–H groups in total. The first-order chi connectivity index (χ1) is 11.6. The predicted octanol–water partition coefficient (Wildman–Crippen LogP) is 2.94. The van der Waals surface area contributed by atoms with Gasteiger partial charge in [0.05, 0.1) is 17.6 Å². The largest absolute Gasteiger partial charge is 0.371 e. The van der Waals surface area contributed by atoms with Crippen LogP contribution in [0.1, 0.15) is 29.2 Å². The summed E-state index contributed by atoms with van der Waals surface area (Å²) in [6.45, 7) is 1.19. The highest BCUT2D eigenvalue weighted by atomic mass is 32.2. The van der Waals surface area contributed by atoms with Gasteiger partial charge in [-0.25, -0.2) is 8.42 Å². The third-order valence-electron chi connectivity index (χ3n) is 4.91. The lowest BCUT2D eigenvalue weighted by Gasteiger charge is -2.32. The van der Waals surface area contributed by atoms with Crippen molar-refractivity contribution in [3.8, 4) is 0 Å². The number of sulfonamides is 1. The summed E-state index contributed by atoms with van der Waals surface area (Å²) in [6, 6.07) is 15.4. The fourth-order valence-corrected chi connectivity index (χ4v) is 5.05. The van der Waals surface area contributed by atoms with Gasteiger partial charge < -0.3 is 4.74 Å². The summed E-state index contributed by atoms with van der Waals surface area (Å²) in [5.41, 5.74) is 3.49. The molecule has 0 saturated carbocycles. The molecule has 0 radical (unpaired) electrons. The number of nitrogens with zero attached hydrogens (tertiary/aromatic N) is 1. The van der Waals surface area contributed by atoms with E-state index < -0.39 is 10.0 Å². The van der Waals surface area contributed by atoms with Crippen LogP contribution in [0.5, 0.6) is 0 Å². The number of hydrogen-bond donors (Lipinski definition) is 0. The van der Waals surface area contributed by atoms with Crippen LogP contribution in [0, 0.1) is 0 Å². The van der Waals surface area contributed by atoms with Crippen molar-refractivity contribution in [2.45, 2.75) is 30.3 Å². The number of rotatable bonds is 3. The maximum absolute atomic E-state index is 13.0. The maximum Gasteiger partial charge on any atom is 0.243 e. The van der Waals surface area contributed by atoms with E-state index in [1.54, 1.807) is 10.4 Å². The van der Waals surface area contributed by atoms with Crippen LogP contribution in [-0.2, 0) is 27.6 Å². The van der Waals surface area contributed by atoms with Crippen molar-refractivity contribution in [3.05, 3.63) is 65.2 Å². The van der Waals surface area contributed by atoms with Gasteiger partial charge in [-0.05, 0) is 48.1 Å². The van der Waals surface area contributed by atoms with Gasteiger partial charge in [0.15, 0.2) is 0 Å². The minimum atomic E-state index is -3.47. The minimum absolute atomic E-state index is 0.204. The predicted molar refractivity (Wildman–Crippen MR) is 92.4 cm³/mol. The van der Waals surface area contributed by atoms with Crippen LogP contribution < -0.4 is 0 Å². The molecular weight excluding hydrogens is 322 g/mol. The molecule has 1 aliphatic heterocycles. The number of ether oxygens (including phenoxy) is 1. The molecule has 1 fully saturated rings. The quantitative estimate of drug-likeness (QED) is 0.861. The lowest BCUT2D eigenvalue weighted by molar-refractivity contribution is -0.00255. The van der Waals surface area contributed by atoms with E-state index in [1.165, 1.54) is 11.1 Å². The fourth-order valence-electron chi connectivity index (χ4n) is 3.57. The second kappa shape index (κ2) is 6.31. The Labute approximate surface area is 143 Å². The van der Waals surface area contributed by atoms with Crippen molar-refractivity contribution < 1.29 is 13.2 Å². The first-order valence-electron chi connectivity index (χ1n) is 8.43. The molecule has 1 unspecified atom stereocenters. The standard InChI is InChI=1S/C19H21NO3S/c21-24(22,18-10-9-15-7-4-8-17(15)13-18)20-11-12-23-19(14-20)16-5-2-1-3-6-16/h1-3,5-6,9-10,13,19H,4,7-8,11-12,14H2. The number of hydrogen-bond acceptors (Lipinski definition) is 3. The van der Waals surface area contributed by atoms with Gasteiger partial charge >= 0.3 is 0 Å². The Morgan fingerprint density at radius 2 is 1.79 bits per heavy atom. The first-order valence-corrected chi connectivity index (χ1v) is 9.87. The average Bonchev–Trinajstić information content (AvgIpc) is 3.10. The second-order valence-corrected chi connectivity index (χ2v) is 8.36. The van der Waals surface area contributed by atoms with Crippen molar-refractivity contribution >= 4 is 10.0 Å². The van der Waals surface area contributed by atoms with E-state index in [0.29, 0.717) is 24.6 Å². The highest BCUT2D eigenvalue weighted by Gasteiger charge is 2.32. The molecule has 126 valence electrons. The van der Waals surface area contributed by atoms with Crippen LogP contribution in [0.4, 0.5) is 0 Å². The molecule has 5 heteroatoms. The molecule has 4 rings (SSSR count). The zero-order chi connectivity index (χ0) is 16.6. The molecule has 0 bridgehead atoms. The fraction of sp³-hybridized carbons (Fsp3) is 0.368. The molecule has 4 nitrogen and oxygen atoms in total. The summed E-state index contributed by atoms with van der Waals surface area (Å²) < 4.78 is 33.4. The third kappa shape index (κ3) is 2.88. The van der Waals surface area contributed by atoms with E-state index in [9.17, 15) is 8.42 Å². The number of aryl methyl sites for hydroxylation is 2. The summed E-state index contributed by atoms with van der Waals surface area (Å²) >= 11 is 0. The van der Waals surface area contributed by atoms with Gasteiger partial charge in [-0.15, -0.1) is 0 Å². The third-order valence-corrected chi connectivity index (χ3v) is 6.77. The van der Waals surface area contributed by atoms with Crippen molar-refractivity contribution in [2.75, 3.05) is 19.7 Å². The zero-order valence-electron chi connectivity index (χ0n) is 13.5. The molecule has 0 aromatic heterocycles. The van der Waals surface area contributed by atoms with Gasteiger partial charge in [0.1, 0.15) is 0 Å². The molecule has 2 aromatic carbocycles. The highest BCUT2D eigenvalue weighted by molar-refractivity contribution is 7.89. The van der Waals surface area contributed by atoms with Crippen molar-refractivity contribution in [1.29, 1.82) is 0 Å². The van der Waals surface area contributed by atoms with Gasteiger partial charge in [0.2, 0.25) is 10.0 Å². The van der Waals surface area contributed by atoms with Crippen LogP contribution in [0.25, 0.3) is 0 Å². The molecule has 0 amide bonds. The Morgan fingerprint density at radius 1 is 1.00 bits per heavy atom. The zero-order valence-corrected chi connectivity index (χ0v) is 14.3. The Kier molecular flexibility index (Phi) is 4.16. The van der Waals surface area contributed by atoms with Crippen molar-refractivity contribution in [3.63, 3.8) is 0 Å². The monoisotopic (exact) mass is 343 g/mol. The van der Waals surface area contributed by atoms with Gasteiger partial charge in [0, 0.05) is 13.1 Å². The molecule has 2 aromatic rings. The molecule has 1 heterocycles. The Balaban J connectivity index is 1.60. The van der Waals surface area contributed by atoms with Crippen LogP contribution in [0.3, 0.4) is 0 Å². The van der Waals surface area contributed by atoms with Gasteiger partial charge in [-0.3, -0.25) is 0 Å². The molecule has 0 spiro atoms. The summed E-state index contributed by atoms with van der Waals surface area (Å²) in [4.78, 5) is 0.414. The van der Waals surface area contributed by atoms with Gasteiger partial charge in [-0.1, -0.05) is 36.4 Å². The molecule has 24 heavy (non-hydrogen) atoms. The van der Waals surface area contributed by atoms with Crippen LogP contribution in [0.2, 0.25) is 0 Å². The highest BCUT2D eigenvalue weighted by Crippen LogP contribution is 2.29. The minimum Gasteiger partial charge on any atom is -0.371 e. The molecule has 1 saturated heterocycles. The van der Waals surface area contributed by atoms with Crippen molar-refractivity contribution in [1.82, 2.24) is 4.31 Å². The van der Waals surface area contributed by atoms with Crippen LogP contribution >= 0.6 is 0 Å². The number of fused-ring (bicyclic) bond motifs is 1. The normalized spacial score (nSPS) is 21.6. The van der Waals surface area contributed by atoms with E-state index >= 15 is 0 Å². The van der Waals surface area contributed by atoms with Crippen LogP contribution in [0.15, 0.2) is 53.4 Å². The van der Waals surface area contributed by atoms with Gasteiger partial charge in [0.25, 0.3) is 0 Å². The SMILES string of the molecule is O=S(=O)(c1ccc2c(c1)CCC2)N1CCOC(c2ccccc2)C1. The molecule has 1 aliphatic carbocycles. The molecule has 2 aliphatic rings. The Hall–Kier alpha value is -1.69. The average molecular weight is 343 g/mol. The topological polar surface area (TPSA) is 46.6 Å². The number of morpholine rings is 1. The van der Waals surface area contributed by atoms with E-state index in [2.05, 4.69) is 0 Å². The lowest BCUT2D eigenvalue weighted by Crippen LogP contribution is -2.42. The van der Waals surface area contributed by atoms with E-state index in [-0.39, 0.29) is 6.10 Å². The smallest absolute Gasteiger partial charge is 0.243 e. The summed E-state index contributed by atoms with van der Waals surface area (Å²) in [5.74, 6) is 0. The maximum atomic E-state index is 13.0. The second-order valence-electron chi connectivity index (χ2n) is 6.42. The summed E-state index contributed by atoms with van der Waals surface area (Å²) in [5, 5.41) is 0. The van der Waals surface area contributed by atoms with Crippen molar-refractivity contribution in [2.24, 2.45) is 0 Å². The van der Waals surface area contributed by atoms with E-state index in [1.807, 2.05) is 42.5 Å². The Morgan fingerprint density at radius 3 is 2.62 bits per heavy atom. The van der Waals surface area contributed by atoms with E-state index in [0.717, 1.165) is 24.8 Å². The first kappa shape index (κ1) is 15.8. The summed E-state index contributed by atoms with van der Waals surface area (Å²) in [7, 11) is -3.47. The number of benzene rings is 2.